The molecule has 2 unspecified atom stereocenters. The van der Waals surface area contributed by atoms with Gasteiger partial charge in [0.2, 0.25) is 0 Å². The lowest BCUT2D eigenvalue weighted by molar-refractivity contribution is 0.0315. The summed E-state index contributed by atoms with van der Waals surface area (Å²) < 4.78 is 0.867. The van der Waals surface area contributed by atoms with Crippen LogP contribution in [-0.4, -0.2) is 41.5 Å². The first-order valence-corrected chi connectivity index (χ1v) is 8.52. The minimum Gasteiger partial charge on any atom is -0.391 e. The van der Waals surface area contributed by atoms with Gasteiger partial charge in [0.1, 0.15) is 0 Å². The lowest BCUT2D eigenvalue weighted by atomic mass is 9.91. The Balaban J connectivity index is 1.91. The fourth-order valence-electron chi connectivity index (χ4n) is 2.90. The van der Waals surface area contributed by atoms with E-state index in [1.165, 1.54) is 0 Å². The Bertz CT molecular complexity index is 509. The second-order valence-corrected chi connectivity index (χ2v) is 7.02. The van der Waals surface area contributed by atoms with Crippen molar-refractivity contribution < 1.29 is 9.90 Å². The molecule has 1 aromatic rings. The maximum absolute atomic E-state index is 12.3. The van der Waals surface area contributed by atoms with E-state index in [9.17, 15) is 9.90 Å². The van der Waals surface area contributed by atoms with Crippen molar-refractivity contribution in [2.45, 2.75) is 44.2 Å². The van der Waals surface area contributed by atoms with Crippen LogP contribution in [-0.2, 0) is 0 Å². The zero-order valence-corrected chi connectivity index (χ0v) is 14.5. The van der Waals surface area contributed by atoms with Crippen molar-refractivity contribution >= 4 is 33.3 Å². The normalized spacial score (nSPS) is 22.5. The van der Waals surface area contributed by atoms with Crippen molar-refractivity contribution in [3.8, 4) is 0 Å². The van der Waals surface area contributed by atoms with Crippen LogP contribution in [0.1, 0.15) is 42.5 Å². The Hall–Kier alpha value is -0.420. The van der Waals surface area contributed by atoms with Gasteiger partial charge in [0.05, 0.1) is 11.1 Å². The first kappa shape index (κ1) is 16.9. The predicted molar refractivity (Wildman–Crippen MR) is 89.0 cm³/mol. The molecular formula is C16H21BrClNO2. The molecule has 0 heterocycles. The number of carbonyl (C=O) groups is 1. The lowest BCUT2D eigenvalue weighted by Gasteiger charge is -2.35. The fourth-order valence-corrected chi connectivity index (χ4v) is 3.68. The number of aliphatic hydroxyl groups is 1. The number of benzene rings is 1. The van der Waals surface area contributed by atoms with Crippen LogP contribution < -0.4 is 0 Å². The van der Waals surface area contributed by atoms with E-state index < -0.39 is 0 Å². The molecule has 2 rings (SSSR count). The average Bonchev–Trinajstić information content (AvgIpc) is 2.45. The number of likely N-dealkylation sites (N-methyl/N-ethyl adjacent to an activating group) is 1. The van der Waals surface area contributed by atoms with Gasteiger partial charge in [-0.05, 0) is 38.1 Å². The highest BCUT2D eigenvalue weighted by Crippen LogP contribution is 2.24. The number of aliphatic hydroxyl groups excluding tert-OH is 1. The fraction of sp³-hybridized carbons (Fsp3) is 0.562. The smallest absolute Gasteiger partial charge is 0.165 e. The number of hydrogen-bond acceptors (Lipinski definition) is 3. The Morgan fingerprint density at radius 1 is 1.43 bits per heavy atom. The molecule has 1 aliphatic carbocycles. The highest BCUT2D eigenvalue weighted by molar-refractivity contribution is 9.10. The third-order valence-electron chi connectivity index (χ3n) is 4.18. The van der Waals surface area contributed by atoms with Crippen molar-refractivity contribution in [1.82, 2.24) is 4.90 Å². The molecule has 1 saturated carbocycles. The first-order chi connectivity index (χ1) is 9.99. The Morgan fingerprint density at radius 3 is 2.81 bits per heavy atom. The Kier molecular flexibility index (Phi) is 6.23. The quantitative estimate of drug-likeness (QED) is 0.794. The zero-order chi connectivity index (χ0) is 15.4. The first-order valence-electron chi connectivity index (χ1n) is 7.35. The van der Waals surface area contributed by atoms with Gasteiger partial charge in [0, 0.05) is 29.0 Å². The molecule has 0 bridgehead atoms. The summed E-state index contributed by atoms with van der Waals surface area (Å²) in [6.45, 7) is 0.646. The number of Topliss-reactive ketones (excluding diaryl/α,β-unsaturated/α-hetero) is 1. The van der Waals surface area contributed by atoms with E-state index in [4.69, 9.17) is 11.6 Å². The maximum atomic E-state index is 12.3. The van der Waals surface area contributed by atoms with Crippen molar-refractivity contribution in [2.24, 2.45) is 0 Å². The molecule has 0 aliphatic heterocycles. The monoisotopic (exact) mass is 373 g/mol. The summed E-state index contributed by atoms with van der Waals surface area (Å²) in [6.07, 6.45) is 4.26. The van der Waals surface area contributed by atoms with Crippen LogP contribution in [0.15, 0.2) is 22.7 Å². The molecule has 2 atom stereocenters. The molecule has 1 N–H and O–H groups in total. The molecule has 21 heavy (non-hydrogen) atoms. The molecule has 0 radical (unpaired) electrons. The van der Waals surface area contributed by atoms with Gasteiger partial charge in [-0.25, -0.2) is 0 Å². The molecule has 1 aromatic carbocycles. The topological polar surface area (TPSA) is 40.5 Å². The van der Waals surface area contributed by atoms with Crippen LogP contribution in [0.5, 0.6) is 0 Å². The van der Waals surface area contributed by atoms with Crippen LogP contribution in [0.25, 0.3) is 0 Å². The highest BCUT2D eigenvalue weighted by atomic mass is 79.9. The highest BCUT2D eigenvalue weighted by Gasteiger charge is 2.26. The third-order valence-corrected chi connectivity index (χ3v) is 4.99. The number of rotatable bonds is 5. The number of ketones is 1. The van der Waals surface area contributed by atoms with Crippen molar-refractivity contribution in [2.75, 3.05) is 13.6 Å². The summed E-state index contributed by atoms with van der Waals surface area (Å²) in [7, 11) is 1.98. The molecule has 0 saturated heterocycles. The summed E-state index contributed by atoms with van der Waals surface area (Å²) in [5.74, 6) is 0.0460. The molecule has 0 spiro atoms. The third kappa shape index (κ3) is 4.52. The van der Waals surface area contributed by atoms with E-state index in [1.807, 2.05) is 13.1 Å². The number of nitrogens with zero attached hydrogens (tertiary/aromatic N) is 1. The van der Waals surface area contributed by atoms with Crippen LogP contribution in [0.2, 0.25) is 5.02 Å². The van der Waals surface area contributed by atoms with E-state index in [0.717, 1.165) is 30.2 Å². The Labute approximate surface area is 139 Å². The minimum atomic E-state index is -0.268. The Morgan fingerprint density at radius 2 is 2.14 bits per heavy atom. The average molecular weight is 375 g/mol. The molecular weight excluding hydrogens is 354 g/mol. The number of carbonyl (C=O) groups excluding carboxylic acids is 1. The van der Waals surface area contributed by atoms with E-state index >= 15 is 0 Å². The SMILES string of the molecule is CN(CCC(=O)c1ccc(Br)cc1Cl)C1CCCCC1O. The maximum Gasteiger partial charge on any atom is 0.165 e. The van der Waals surface area contributed by atoms with Gasteiger partial charge in [-0.15, -0.1) is 0 Å². The number of halogens is 2. The number of hydrogen-bond donors (Lipinski definition) is 1. The van der Waals surface area contributed by atoms with E-state index in [2.05, 4.69) is 20.8 Å². The molecule has 1 fully saturated rings. The van der Waals surface area contributed by atoms with Crippen LogP contribution in [0.3, 0.4) is 0 Å². The van der Waals surface area contributed by atoms with E-state index in [0.29, 0.717) is 23.6 Å². The standard InChI is InChI=1S/C16H21BrClNO2/c1-19(14-4-2-3-5-16(14)21)9-8-15(20)12-7-6-11(17)10-13(12)18/h6-7,10,14,16,21H,2-5,8-9H2,1H3. The van der Waals surface area contributed by atoms with E-state index in [1.54, 1.807) is 12.1 Å². The summed E-state index contributed by atoms with van der Waals surface area (Å²) in [4.78, 5) is 14.4. The van der Waals surface area contributed by atoms with Crippen molar-refractivity contribution in [3.63, 3.8) is 0 Å². The van der Waals surface area contributed by atoms with Gasteiger partial charge < -0.3 is 10.0 Å². The largest absolute Gasteiger partial charge is 0.391 e. The summed E-state index contributed by atoms with van der Waals surface area (Å²) in [5.41, 5.74) is 0.567. The second-order valence-electron chi connectivity index (χ2n) is 5.70. The van der Waals surface area contributed by atoms with Gasteiger partial charge in [0.15, 0.2) is 5.78 Å². The molecule has 0 amide bonds. The predicted octanol–water partition coefficient (Wildman–Crippen LogP) is 3.91. The molecule has 5 heteroatoms. The summed E-state index contributed by atoms with van der Waals surface area (Å²) in [6, 6.07) is 5.49. The van der Waals surface area contributed by atoms with Crippen LogP contribution in [0.4, 0.5) is 0 Å². The minimum absolute atomic E-state index is 0.0460. The second kappa shape index (κ2) is 7.73. The van der Waals surface area contributed by atoms with E-state index in [-0.39, 0.29) is 17.9 Å². The van der Waals surface area contributed by atoms with Gasteiger partial charge >= 0.3 is 0 Å². The lowest BCUT2D eigenvalue weighted by Crippen LogP contribution is -2.44. The van der Waals surface area contributed by atoms with Crippen LogP contribution in [0, 0.1) is 0 Å². The zero-order valence-electron chi connectivity index (χ0n) is 12.2. The van der Waals surface area contributed by atoms with Crippen molar-refractivity contribution in [1.29, 1.82) is 0 Å². The molecule has 0 aromatic heterocycles. The van der Waals surface area contributed by atoms with Gasteiger partial charge in [0.25, 0.3) is 0 Å². The van der Waals surface area contributed by atoms with Crippen molar-refractivity contribution in [3.05, 3.63) is 33.3 Å². The molecule has 116 valence electrons. The van der Waals surface area contributed by atoms with Gasteiger partial charge in [-0.2, -0.15) is 0 Å². The molecule has 3 nitrogen and oxygen atoms in total. The van der Waals surface area contributed by atoms with Crippen LogP contribution >= 0.6 is 27.5 Å². The van der Waals surface area contributed by atoms with Gasteiger partial charge in [-0.3, -0.25) is 4.79 Å². The molecule has 1 aliphatic rings. The summed E-state index contributed by atoms with van der Waals surface area (Å²) in [5, 5.41) is 10.5. The summed E-state index contributed by atoms with van der Waals surface area (Å²) >= 11 is 9.44. The van der Waals surface area contributed by atoms with Gasteiger partial charge in [-0.1, -0.05) is 40.4 Å².